The summed E-state index contributed by atoms with van der Waals surface area (Å²) >= 11 is 0. The van der Waals surface area contributed by atoms with Crippen LogP contribution in [0.3, 0.4) is 0 Å². The highest BCUT2D eigenvalue weighted by Gasteiger charge is 2.26. The van der Waals surface area contributed by atoms with Gasteiger partial charge in [0.25, 0.3) is 5.91 Å². The van der Waals surface area contributed by atoms with E-state index in [4.69, 9.17) is 9.72 Å². The smallest absolute Gasteiger partial charge is 0.253 e. The molecular weight excluding hydrogens is 442 g/mol. The molecule has 3 heterocycles. The molecule has 0 bridgehead atoms. The maximum atomic E-state index is 13.3. The molecule has 1 unspecified atom stereocenters. The molecule has 8 heteroatoms. The maximum absolute atomic E-state index is 13.3. The Morgan fingerprint density at radius 1 is 1.11 bits per heavy atom. The van der Waals surface area contributed by atoms with E-state index in [1.165, 1.54) is 12.8 Å². The fraction of sp³-hybridized carbons (Fsp3) is 0.481. The number of ether oxygens (including phenoxy) is 1. The summed E-state index contributed by atoms with van der Waals surface area (Å²) in [5, 5.41) is 6.07. The van der Waals surface area contributed by atoms with Crippen LogP contribution in [0.4, 0.5) is 5.69 Å². The summed E-state index contributed by atoms with van der Waals surface area (Å²) in [6, 6.07) is 7.53. The van der Waals surface area contributed by atoms with E-state index >= 15 is 0 Å². The molecule has 1 atom stereocenters. The van der Waals surface area contributed by atoms with Crippen LogP contribution in [0.2, 0.25) is 0 Å². The van der Waals surface area contributed by atoms with Crippen LogP contribution in [0, 0.1) is 5.92 Å². The second-order valence-electron chi connectivity index (χ2n) is 9.69. The number of hydrogen-bond acceptors (Lipinski definition) is 5. The van der Waals surface area contributed by atoms with Crippen molar-refractivity contribution in [2.75, 3.05) is 18.5 Å². The van der Waals surface area contributed by atoms with Gasteiger partial charge in [-0.25, -0.2) is 4.98 Å². The number of anilines is 1. The second kappa shape index (κ2) is 10.6. The van der Waals surface area contributed by atoms with Crippen LogP contribution in [0.5, 0.6) is 0 Å². The summed E-state index contributed by atoms with van der Waals surface area (Å²) < 4.78 is 7.84. The number of nitrogens with one attached hydrogen (secondary N) is 2. The Kier molecular flexibility index (Phi) is 7.08. The Balaban J connectivity index is 1.40. The Hall–Kier alpha value is -3.26. The van der Waals surface area contributed by atoms with E-state index in [0.29, 0.717) is 42.1 Å². The van der Waals surface area contributed by atoms with Gasteiger partial charge >= 0.3 is 0 Å². The van der Waals surface area contributed by atoms with Crippen LogP contribution in [-0.2, 0) is 23.0 Å². The van der Waals surface area contributed by atoms with Crippen molar-refractivity contribution in [1.29, 1.82) is 0 Å². The number of carbonyl (C=O) groups excluding carboxylic acids is 2. The molecule has 2 fully saturated rings. The van der Waals surface area contributed by atoms with E-state index in [2.05, 4.69) is 15.6 Å². The van der Waals surface area contributed by atoms with Crippen LogP contribution in [0.15, 0.2) is 36.7 Å². The number of imidazole rings is 1. The minimum absolute atomic E-state index is 0.00410. The van der Waals surface area contributed by atoms with Gasteiger partial charge in [-0.1, -0.05) is 12.8 Å². The first-order valence-electron chi connectivity index (χ1n) is 12.7. The largest absolute Gasteiger partial charge is 0.370 e. The van der Waals surface area contributed by atoms with Gasteiger partial charge in [-0.05, 0) is 67.9 Å². The van der Waals surface area contributed by atoms with E-state index in [9.17, 15) is 9.59 Å². The van der Waals surface area contributed by atoms with Gasteiger partial charge in [0.1, 0.15) is 11.9 Å². The average Bonchev–Trinajstić information content (AvgIpc) is 3.62. The molecule has 2 aromatic heterocycles. The summed E-state index contributed by atoms with van der Waals surface area (Å²) in [5.41, 5.74) is 3.67. The number of carbonyl (C=O) groups is 2. The lowest BCUT2D eigenvalue weighted by Gasteiger charge is -2.13. The summed E-state index contributed by atoms with van der Waals surface area (Å²) in [7, 11) is 1.93. The van der Waals surface area contributed by atoms with E-state index in [1.807, 2.05) is 29.8 Å². The number of fused-ring (bicyclic) bond motifs is 1. The first kappa shape index (κ1) is 23.5. The molecule has 2 aliphatic rings. The third kappa shape index (κ3) is 5.37. The molecule has 2 N–H and O–H groups in total. The zero-order valence-electron chi connectivity index (χ0n) is 20.3. The van der Waals surface area contributed by atoms with Crippen LogP contribution in [-0.4, -0.2) is 39.5 Å². The number of benzene rings is 1. The maximum Gasteiger partial charge on any atom is 0.253 e. The van der Waals surface area contributed by atoms with Crippen LogP contribution in [0.25, 0.3) is 11.0 Å². The van der Waals surface area contributed by atoms with E-state index < -0.39 is 0 Å². The van der Waals surface area contributed by atoms with Crippen molar-refractivity contribution in [2.24, 2.45) is 13.0 Å². The van der Waals surface area contributed by atoms with Gasteiger partial charge in [-0.2, -0.15) is 0 Å². The minimum Gasteiger partial charge on any atom is -0.370 e. The highest BCUT2D eigenvalue weighted by molar-refractivity contribution is 6.07. The monoisotopic (exact) mass is 475 g/mol. The molecule has 35 heavy (non-hydrogen) atoms. The fourth-order valence-corrected chi connectivity index (χ4v) is 5.34. The Morgan fingerprint density at radius 2 is 1.91 bits per heavy atom. The number of nitrogens with zero attached hydrogens (tertiary/aromatic N) is 3. The third-order valence-corrected chi connectivity index (χ3v) is 7.15. The van der Waals surface area contributed by atoms with Crippen molar-refractivity contribution in [3.63, 3.8) is 0 Å². The fourth-order valence-electron chi connectivity index (χ4n) is 5.34. The normalized spacial score (nSPS) is 18.3. The van der Waals surface area contributed by atoms with Gasteiger partial charge < -0.3 is 19.9 Å². The zero-order valence-corrected chi connectivity index (χ0v) is 20.3. The van der Waals surface area contributed by atoms with Crippen molar-refractivity contribution < 1.29 is 14.3 Å². The molecular formula is C27H33N5O3. The predicted octanol–water partition coefficient (Wildman–Crippen LogP) is 4.31. The van der Waals surface area contributed by atoms with Crippen LogP contribution < -0.4 is 10.6 Å². The number of rotatable bonds is 8. The molecule has 1 saturated carbocycles. The number of hydrogen-bond donors (Lipinski definition) is 2. The lowest BCUT2D eigenvalue weighted by molar-refractivity contribution is -0.117. The van der Waals surface area contributed by atoms with Crippen molar-refractivity contribution in [3.05, 3.63) is 53.6 Å². The summed E-state index contributed by atoms with van der Waals surface area (Å²) in [6.45, 7) is 1.22. The van der Waals surface area contributed by atoms with Gasteiger partial charge in [-0.3, -0.25) is 14.6 Å². The van der Waals surface area contributed by atoms with Crippen molar-refractivity contribution in [1.82, 2.24) is 19.9 Å². The van der Waals surface area contributed by atoms with Crippen LogP contribution in [0.1, 0.15) is 72.8 Å². The number of amides is 2. The molecule has 1 aromatic carbocycles. The molecule has 1 aliphatic carbocycles. The Bertz CT molecular complexity index is 1190. The van der Waals surface area contributed by atoms with E-state index in [1.54, 1.807) is 18.5 Å². The van der Waals surface area contributed by atoms with Crippen molar-refractivity contribution in [3.8, 4) is 0 Å². The van der Waals surface area contributed by atoms with Crippen molar-refractivity contribution >= 4 is 28.5 Å². The van der Waals surface area contributed by atoms with Gasteiger partial charge in [0.2, 0.25) is 5.91 Å². The van der Waals surface area contributed by atoms with Crippen molar-refractivity contribution in [2.45, 2.75) is 57.5 Å². The lowest BCUT2D eigenvalue weighted by Crippen LogP contribution is -2.26. The quantitative estimate of drug-likeness (QED) is 0.506. The van der Waals surface area contributed by atoms with E-state index in [0.717, 1.165) is 49.2 Å². The molecule has 0 spiro atoms. The second-order valence-corrected chi connectivity index (χ2v) is 9.69. The highest BCUT2D eigenvalue weighted by atomic mass is 16.5. The van der Waals surface area contributed by atoms with Gasteiger partial charge in [-0.15, -0.1) is 0 Å². The molecule has 2 amide bonds. The lowest BCUT2D eigenvalue weighted by atomic mass is 10.0. The van der Waals surface area contributed by atoms with E-state index in [-0.39, 0.29) is 17.9 Å². The highest BCUT2D eigenvalue weighted by Crippen LogP contribution is 2.33. The summed E-state index contributed by atoms with van der Waals surface area (Å²) in [6.07, 6.45) is 11.2. The van der Waals surface area contributed by atoms with Crippen LogP contribution >= 0.6 is 0 Å². The number of aromatic nitrogens is 3. The Morgan fingerprint density at radius 3 is 2.66 bits per heavy atom. The predicted molar refractivity (Wildman–Crippen MR) is 134 cm³/mol. The molecule has 1 aliphatic heterocycles. The molecule has 3 aromatic rings. The molecule has 184 valence electrons. The molecule has 5 rings (SSSR count). The number of aryl methyl sites for hydroxylation is 1. The summed E-state index contributed by atoms with van der Waals surface area (Å²) in [4.78, 5) is 34.9. The number of pyridine rings is 1. The first-order valence-corrected chi connectivity index (χ1v) is 12.7. The standard InChI is InChI=1S/C27H33N5O3/c1-32-25-21(27(34)29-13-10-18-8-11-28-12-9-18)16-20(30-24(33)15-19-5-2-3-6-19)17-22(25)31-26(32)23-7-4-14-35-23/h8-9,11-12,16-17,19,23H,2-7,10,13-15H2,1H3,(H,29,34)(H,30,33). The van der Waals surface area contributed by atoms with Gasteiger partial charge in [0.05, 0.1) is 16.6 Å². The van der Waals surface area contributed by atoms with Gasteiger partial charge in [0.15, 0.2) is 0 Å². The topological polar surface area (TPSA) is 98.1 Å². The SMILES string of the molecule is Cn1c(C2CCCO2)nc2cc(NC(=O)CC3CCCC3)cc(C(=O)NCCc3ccncc3)c21. The Labute approximate surface area is 205 Å². The van der Waals surface area contributed by atoms with Gasteiger partial charge in [0, 0.05) is 44.7 Å². The molecule has 1 saturated heterocycles. The average molecular weight is 476 g/mol. The zero-order chi connectivity index (χ0) is 24.2. The third-order valence-electron chi connectivity index (χ3n) is 7.15. The molecule has 8 nitrogen and oxygen atoms in total. The molecule has 0 radical (unpaired) electrons. The minimum atomic E-state index is -0.183. The first-order chi connectivity index (χ1) is 17.1. The summed E-state index contributed by atoms with van der Waals surface area (Å²) in [5.74, 6) is 1.09.